The van der Waals surface area contributed by atoms with Gasteiger partial charge in [-0.3, -0.25) is 4.99 Å². The van der Waals surface area contributed by atoms with Crippen LogP contribution in [0, 0.1) is 12.3 Å². The van der Waals surface area contributed by atoms with Gasteiger partial charge >= 0.3 is 0 Å². The standard InChI is InChI=1S/C17H31N5O/c1-5-9-17(4)10-7-12-22(13-17)16(18-6-2)19-11-8-15-20-14(3)21-23-15/h5-13H2,1-4H3,(H,18,19). The Hall–Kier alpha value is -1.59. The molecule has 0 bridgehead atoms. The summed E-state index contributed by atoms with van der Waals surface area (Å²) in [7, 11) is 0. The van der Waals surface area contributed by atoms with Crippen molar-refractivity contribution in [3.63, 3.8) is 0 Å². The van der Waals surface area contributed by atoms with Gasteiger partial charge in [-0.2, -0.15) is 4.98 Å². The Labute approximate surface area is 139 Å². The molecule has 1 aliphatic heterocycles. The summed E-state index contributed by atoms with van der Waals surface area (Å²) < 4.78 is 5.15. The number of piperidine rings is 1. The van der Waals surface area contributed by atoms with Gasteiger partial charge in [0, 0.05) is 26.1 Å². The first-order chi connectivity index (χ1) is 11.1. The molecule has 6 heteroatoms. The van der Waals surface area contributed by atoms with Gasteiger partial charge < -0.3 is 14.7 Å². The van der Waals surface area contributed by atoms with Crippen LogP contribution in [0.1, 0.15) is 58.2 Å². The zero-order valence-corrected chi connectivity index (χ0v) is 15.1. The number of aromatic nitrogens is 2. The summed E-state index contributed by atoms with van der Waals surface area (Å²) in [5.74, 6) is 2.37. The fourth-order valence-corrected chi connectivity index (χ4v) is 3.43. The number of rotatable bonds is 6. The van der Waals surface area contributed by atoms with Gasteiger partial charge in [0.2, 0.25) is 5.89 Å². The summed E-state index contributed by atoms with van der Waals surface area (Å²) in [6.45, 7) is 12.4. The lowest BCUT2D eigenvalue weighted by molar-refractivity contribution is 0.142. The van der Waals surface area contributed by atoms with Crippen molar-refractivity contribution < 1.29 is 4.52 Å². The fourth-order valence-electron chi connectivity index (χ4n) is 3.43. The number of nitrogens with zero attached hydrogens (tertiary/aromatic N) is 4. The smallest absolute Gasteiger partial charge is 0.228 e. The highest BCUT2D eigenvalue weighted by molar-refractivity contribution is 5.80. The molecule has 130 valence electrons. The van der Waals surface area contributed by atoms with Gasteiger partial charge in [0.15, 0.2) is 11.8 Å². The van der Waals surface area contributed by atoms with E-state index in [2.05, 4.69) is 41.1 Å². The minimum absolute atomic E-state index is 0.410. The van der Waals surface area contributed by atoms with Crippen molar-refractivity contribution in [2.75, 3.05) is 26.2 Å². The van der Waals surface area contributed by atoms with E-state index >= 15 is 0 Å². The first-order valence-electron chi connectivity index (χ1n) is 8.89. The van der Waals surface area contributed by atoms with Crippen LogP contribution in [0.15, 0.2) is 9.52 Å². The highest BCUT2D eigenvalue weighted by atomic mass is 16.5. The molecule has 0 radical (unpaired) electrons. The number of hydrogen-bond acceptors (Lipinski definition) is 4. The van der Waals surface area contributed by atoms with E-state index in [4.69, 9.17) is 9.52 Å². The van der Waals surface area contributed by atoms with Crippen LogP contribution < -0.4 is 5.32 Å². The minimum atomic E-state index is 0.410. The lowest BCUT2D eigenvalue weighted by Crippen LogP contribution is -2.49. The van der Waals surface area contributed by atoms with E-state index in [0.717, 1.165) is 25.6 Å². The second-order valence-electron chi connectivity index (χ2n) is 6.81. The molecule has 0 saturated carbocycles. The molecule has 1 atom stereocenters. The van der Waals surface area contributed by atoms with Crippen molar-refractivity contribution in [2.45, 2.75) is 59.8 Å². The maximum absolute atomic E-state index is 5.15. The van der Waals surface area contributed by atoms with Crippen molar-refractivity contribution in [3.05, 3.63) is 11.7 Å². The van der Waals surface area contributed by atoms with E-state index in [1.807, 2.05) is 6.92 Å². The van der Waals surface area contributed by atoms with Crippen molar-refractivity contribution in [1.29, 1.82) is 0 Å². The van der Waals surface area contributed by atoms with Crippen LogP contribution in [-0.4, -0.2) is 47.2 Å². The number of hydrogen-bond donors (Lipinski definition) is 1. The lowest BCUT2D eigenvalue weighted by atomic mass is 9.78. The van der Waals surface area contributed by atoms with Crippen LogP contribution in [0.3, 0.4) is 0 Å². The van der Waals surface area contributed by atoms with Crippen molar-refractivity contribution in [2.24, 2.45) is 10.4 Å². The van der Waals surface area contributed by atoms with Crippen LogP contribution in [0.4, 0.5) is 0 Å². The van der Waals surface area contributed by atoms with Gasteiger partial charge in [-0.1, -0.05) is 25.4 Å². The quantitative estimate of drug-likeness (QED) is 0.644. The van der Waals surface area contributed by atoms with E-state index in [9.17, 15) is 0 Å². The monoisotopic (exact) mass is 321 g/mol. The molecule has 2 heterocycles. The zero-order chi connectivity index (χ0) is 16.7. The van der Waals surface area contributed by atoms with Gasteiger partial charge in [-0.15, -0.1) is 0 Å². The van der Waals surface area contributed by atoms with Gasteiger partial charge in [0.1, 0.15) is 0 Å². The first-order valence-corrected chi connectivity index (χ1v) is 8.89. The molecule has 1 aliphatic rings. The second kappa shape index (κ2) is 8.31. The highest BCUT2D eigenvalue weighted by Gasteiger charge is 2.31. The van der Waals surface area contributed by atoms with Crippen molar-refractivity contribution >= 4 is 5.96 Å². The van der Waals surface area contributed by atoms with E-state index in [1.54, 1.807) is 0 Å². The Morgan fingerprint density at radius 3 is 2.91 bits per heavy atom. The van der Waals surface area contributed by atoms with E-state index < -0.39 is 0 Å². The van der Waals surface area contributed by atoms with Crippen LogP contribution in [0.5, 0.6) is 0 Å². The molecular weight excluding hydrogens is 290 g/mol. The van der Waals surface area contributed by atoms with Gasteiger partial charge in [0.25, 0.3) is 0 Å². The van der Waals surface area contributed by atoms with E-state index in [0.29, 0.717) is 30.1 Å². The summed E-state index contributed by atoms with van der Waals surface area (Å²) in [4.78, 5) is 11.4. The zero-order valence-electron chi connectivity index (χ0n) is 15.1. The Morgan fingerprint density at radius 1 is 1.43 bits per heavy atom. The summed E-state index contributed by atoms with van der Waals surface area (Å²) in [5, 5.41) is 7.25. The Bertz CT molecular complexity index is 509. The molecule has 6 nitrogen and oxygen atoms in total. The third-order valence-electron chi connectivity index (χ3n) is 4.43. The average Bonchev–Trinajstić information content (AvgIpc) is 2.92. The number of nitrogens with one attached hydrogen (secondary N) is 1. The molecule has 1 aromatic rings. The largest absolute Gasteiger partial charge is 0.357 e. The molecule has 1 saturated heterocycles. The highest BCUT2D eigenvalue weighted by Crippen LogP contribution is 2.33. The number of aliphatic imine (C=N–C) groups is 1. The molecule has 1 unspecified atom stereocenters. The Kier molecular flexibility index (Phi) is 6.42. The summed E-state index contributed by atoms with van der Waals surface area (Å²) in [6.07, 6.45) is 5.77. The summed E-state index contributed by atoms with van der Waals surface area (Å²) in [6, 6.07) is 0. The molecule has 0 amide bonds. The molecule has 1 N–H and O–H groups in total. The molecule has 0 aromatic carbocycles. The number of aryl methyl sites for hydroxylation is 1. The maximum atomic E-state index is 5.15. The van der Waals surface area contributed by atoms with Crippen molar-refractivity contribution in [1.82, 2.24) is 20.4 Å². The summed E-state index contributed by atoms with van der Waals surface area (Å²) in [5.41, 5.74) is 0.410. The first kappa shape index (κ1) is 17.8. The van der Waals surface area contributed by atoms with Gasteiger partial charge in [-0.25, -0.2) is 0 Å². The van der Waals surface area contributed by atoms with Crippen molar-refractivity contribution in [3.8, 4) is 0 Å². The molecule has 0 spiro atoms. The van der Waals surface area contributed by atoms with E-state index in [1.165, 1.54) is 25.7 Å². The summed E-state index contributed by atoms with van der Waals surface area (Å²) >= 11 is 0. The molecule has 1 fully saturated rings. The van der Waals surface area contributed by atoms with Crippen LogP contribution in [0.2, 0.25) is 0 Å². The lowest BCUT2D eigenvalue weighted by Gasteiger charge is -2.42. The molecule has 1 aromatic heterocycles. The number of likely N-dealkylation sites (tertiary alicyclic amines) is 1. The third-order valence-corrected chi connectivity index (χ3v) is 4.43. The Balaban J connectivity index is 1.97. The molecular formula is C17H31N5O. The SMILES string of the molecule is CCCC1(C)CCCN(C(=NCCc2nc(C)no2)NCC)C1. The molecule has 0 aliphatic carbocycles. The van der Waals surface area contributed by atoms with Crippen LogP contribution in [-0.2, 0) is 6.42 Å². The number of guanidine groups is 1. The topological polar surface area (TPSA) is 66.5 Å². The maximum Gasteiger partial charge on any atom is 0.228 e. The third kappa shape index (κ3) is 5.22. The Morgan fingerprint density at radius 2 is 2.26 bits per heavy atom. The predicted molar refractivity (Wildman–Crippen MR) is 92.5 cm³/mol. The predicted octanol–water partition coefficient (Wildman–Crippen LogP) is 2.79. The molecule has 2 rings (SSSR count). The van der Waals surface area contributed by atoms with Gasteiger partial charge in [0.05, 0.1) is 6.54 Å². The minimum Gasteiger partial charge on any atom is -0.357 e. The molecule has 23 heavy (non-hydrogen) atoms. The van der Waals surface area contributed by atoms with Crippen LogP contribution in [0.25, 0.3) is 0 Å². The van der Waals surface area contributed by atoms with E-state index in [-0.39, 0.29) is 0 Å². The van der Waals surface area contributed by atoms with Gasteiger partial charge in [-0.05, 0) is 38.5 Å². The van der Waals surface area contributed by atoms with Crippen LogP contribution >= 0.6 is 0 Å². The normalized spacial score (nSPS) is 22.4. The fraction of sp³-hybridized carbons (Fsp3) is 0.824. The second-order valence-corrected chi connectivity index (χ2v) is 6.81. The average molecular weight is 321 g/mol.